The van der Waals surface area contributed by atoms with Crippen molar-refractivity contribution < 1.29 is 0 Å². The second-order valence-electron chi connectivity index (χ2n) is 6.23. The van der Waals surface area contributed by atoms with Crippen LogP contribution in [-0.4, -0.2) is 0 Å². The fourth-order valence-corrected chi connectivity index (χ4v) is 2.50. The Morgan fingerprint density at radius 2 is 1.16 bits per heavy atom. The SMILES string of the molecule is CCCCCCCCCCCCCCC#CC1CC1. The largest absolute Gasteiger partial charge is 0.103 e. The first-order valence-electron chi connectivity index (χ1n) is 8.92. The molecule has 0 amide bonds. The predicted molar refractivity (Wildman–Crippen MR) is 86.2 cm³/mol. The van der Waals surface area contributed by atoms with Crippen molar-refractivity contribution in [3.05, 3.63) is 0 Å². The second kappa shape index (κ2) is 12.6. The molecule has 1 rings (SSSR count). The summed E-state index contributed by atoms with van der Waals surface area (Å²) in [5.41, 5.74) is 0. The van der Waals surface area contributed by atoms with Gasteiger partial charge in [0.25, 0.3) is 0 Å². The van der Waals surface area contributed by atoms with Crippen LogP contribution < -0.4 is 0 Å². The van der Waals surface area contributed by atoms with Crippen LogP contribution in [0.4, 0.5) is 0 Å². The number of rotatable bonds is 12. The lowest BCUT2D eigenvalue weighted by Gasteiger charge is -2.01. The van der Waals surface area contributed by atoms with Crippen LogP contribution in [0.5, 0.6) is 0 Å². The van der Waals surface area contributed by atoms with Crippen LogP contribution in [0.15, 0.2) is 0 Å². The first kappa shape index (κ1) is 16.6. The van der Waals surface area contributed by atoms with E-state index < -0.39 is 0 Å². The Morgan fingerprint density at radius 3 is 1.63 bits per heavy atom. The molecule has 0 aromatic heterocycles. The first-order chi connectivity index (χ1) is 9.43. The second-order valence-corrected chi connectivity index (χ2v) is 6.23. The van der Waals surface area contributed by atoms with E-state index in [-0.39, 0.29) is 0 Å². The molecule has 0 nitrogen and oxygen atoms in total. The topological polar surface area (TPSA) is 0 Å². The zero-order valence-corrected chi connectivity index (χ0v) is 13.2. The summed E-state index contributed by atoms with van der Waals surface area (Å²) in [6.45, 7) is 2.29. The molecule has 0 aliphatic heterocycles. The molecule has 1 aliphatic carbocycles. The van der Waals surface area contributed by atoms with Gasteiger partial charge in [-0.05, 0) is 19.3 Å². The van der Waals surface area contributed by atoms with E-state index in [1.54, 1.807) is 0 Å². The Morgan fingerprint density at radius 1 is 0.684 bits per heavy atom. The van der Waals surface area contributed by atoms with Crippen LogP contribution in [0.25, 0.3) is 0 Å². The average molecular weight is 262 g/mol. The Labute approximate surface area is 121 Å². The summed E-state index contributed by atoms with van der Waals surface area (Å²) in [5.74, 6) is 7.47. The monoisotopic (exact) mass is 262 g/mol. The Bertz CT molecular complexity index is 238. The molecule has 0 atom stereocenters. The highest BCUT2D eigenvalue weighted by atomic mass is 14.2. The molecule has 1 saturated carbocycles. The molecule has 0 saturated heterocycles. The van der Waals surface area contributed by atoms with Gasteiger partial charge in [0.1, 0.15) is 0 Å². The lowest BCUT2D eigenvalue weighted by atomic mass is 10.0. The van der Waals surface area contributed by atoms with Crippen LogP contribution in [0.2, 0.25) is 0 Å². The highest BCUT2D eigenvalue weighted by molar-refractivity contribution is 5.08. The van der Waals surface area contributed by atoms with Crippen molar-refractivity contribution in [1.82, 2.24) is 0 Å². The third-order valence-corrected chi connectivity index (χ3v) is 4.04. The molecule has 0 unspecified atom stereocenters. The summed E-state index contributed by atoms with van der Waals surface area (Å²) in [6.07, 6.45) is 21.1. The van der Waals surface area contributed by atoms with Gasteiger partial charge in [0, 0.05) is 12.3 Å². The van der Waals surface area contributed by atoms with Crippen molar-refractivity contribution >= 4 is 0 Å². The Balaban J connectivity index is 1.66. The molecule has 0 heterocycles. The van der Waals surface area contributed by atoms with E-state index in [0.717, 1.165) is 12.3 Å². The van der Waals surface area contributed by atoms with Gasteiger partial charge in [-0.3, -0.25) is 0 Å². The summed E-state index contributed by atoms with van der Waals surface area (Å²) >= 11 is 0. The van der Waals surface area contributed by atoms with Gasteiger partial charge in [0.2, 0.25) is 0 Å². The fourth-order valence-electron chi connectivity index (χ4n) is 2.50. The molecule has 0 bridgehead atoms. The van der Waals surface area contributed by atoms with Crippen LogP contribution >= 0.6 is 0 Å². The maximum atomic E-state index is 3.35. The van der Waals surface area contributed by atoms with Crippen LogP contribution in [0.1, 0.15) is 103 Å². The van der Waals surface area contributed by atoms with E-state index in [9.17, 15) is 0 Å². The molecule has 0 radical (unpaired) electrons. The van der Waals surface area contributed by atoms with Gasteiger partial charge in [0.05, 0.1) is 0 Å². The van der Waals surface area contributed by atoms with Gasteiger partial charge in [-0.2, -0.15) is 0 Å². The smallest absolute Gasteiger partial charge is 0.0203 e. The molecule has 19 heavy (non-hydrogen) atoms. The number of hydrogen-bond donors (Lipinski definition) is 0. The van der Waals surface area contributed by atoms with Gasteiger partial charge in [-0.1, -0.05) is 83.5 Å². The molecule has 1 fully saturated rings. The summed E-state index contributed by atoms with van der Waals surface area (Å²) in [5, 5.41) is 0. The minimum Gasteiger partial charge on any atom is -0.103 e. The van der Waals surface area contributed by atoms with E-state index >= 15 is 0 Å². The molecular weight excluding hydrogens is 228 g/mol. The van der Waals surface area contributed by atoms with Crippen molar-refractivity contribution in [3.63, 3.8) is 0 Å². The van der Waals surface area contributed by atoms with Crippen molar-refractivity contribution in [2.45, 2.75) is 103 Å². The van der Waals surface area contributed by atoms with Crippen LogP contribution in [-0.2, 0) is 0 Å². The number of unbranched alkanes of at least 4 members (excludes halogenated alkanes) is 12. The highest BCUT2D eigenvalue weighted by Crippen LogP contribution is 2.27. The Kier molecular flexibility index (Phi) is 11.0. The normalized spacial score (nSPS) is 14.2. The average Bonchev–Trinajstić information content (AvgIpc) is 3.23. The third-order valence-electron chi connectivity index (χ3n) is 4.04. The molecule has 0 heteroatoms. The minimum absolute atomic E-state index is 0.789. The molecule has 0 N–H and O–H groups in total. The summed E-state index contributed by atoms with van der Waals surface area (Å²) in [4.78, 5) is 0. The summed E-state index contributed by atoms with van der Waals surface area (Å²) < 4.78 is 0. The lowest BCUT2D eigenvalue weighted by molar-refractivity contribution is 0.545. The zero-order chi connectivity index (χ0) is 13.6. The highest BCUT2D eigenvalue weighted by Gasteiger charge is 2.17. The molecule has 0 spiro atoms. The Hall–Kier alpha value is -0.440. The van der Waals surface area contributed by atoms with E-state index in [1.165, 1.54) is 89.9 Å². The maximum absolute atomic E-state index is 3.35. The first-order valence-corrected chi connectivity index (χ1v) is 8.92. The molecular formula is C19H34. The molecule has 110 valence electrons. The van der Waals surface area contributed by atoms with Crippen molar-refractivity contribution in [2.24, 2.45) is 5.92 Å². The molecule has 0 aromatic carbocycles. The van der Waals surface area contributed by atoms with Gasteiger partial charge < -0.3 is 0 Å². The van der Waals surface area contributed by atoms with Crippen molar-refractivity contribution in [2.75, 3.05) is 0 Å². The van der Waals surface area contributed by atoms with Crippen molar-refractivity contribution in [3.8, 4) is 11.8 Å². The van der Waals surface area contributed by atoms with Gasteiger partial charge in [-0.25, -0.2) is 0 Å². The van der Waals surface area contributed by atoms with Gasteiger partial charge >= 0.3 is 0 Å². The standard InChI is InChI=1S/C19H34/c1-2-3-4-5-6-7-8-9-10-11-12-13-14-15-16-19-17-18-19/h19H,2-14,17-18H2,1H3. The minimum atomic E-state index is 0.789. The van der Waals surface area contributed by atoms with Crippen LogP contribution in [0.3, 0.4) is 0 Å². The zero-order valence-electron chi connectivity index (χ0n) is 13.2. The lowest BCUT2D eigenvalue weighted by Crippen LogP contribution is -1.82. The molecule has 0 aromatic rings. The summed E-state index contributed by atoms with van der Waals surface area (Å²) in [6, 6.07) is 0. The van der Waals surface area contributed by atoms with Crippen molar-refractivity contribution in [1.29, 1.82) is 0 Å². The van der Waals surface area contributed by atoms with Gasteiger partial charge in [-0.15, -0.1) is 5.92 Å². The predicted octanol–water partition coefficient (Wildman–Crippen LogP) is 6.49. The maximum Gasteiger partial charge on any atom is 0.0203 e. The van der Waals surface area contributed by atoms with E-state index in [2.05, 4.69) is 18.8 Å². The van der Waals surface area contributed by atoms with E-state index in [0.29, 0.717) is 0 Å². The number of hydrogen-bond acceptors (Lipinski definition) is 0. The van der Waals surface area contributed by atoms with E-state index in [4.69, 9.17) is 0 Å². The molecule has 1 aliphatic rings. The quantitative estimate of drug-likeness (QED) is 0.278. The third kappa shape index (κ3) is 12.3. The van der Waals surface area contributed by atoms with Gasteiger partial charge in [0.15, 0.2) is 0 Å². The fraction of sp³-hybridized carbons (Fsp3) is 0.895. The van der Waals surface area contributed by atoms with E-state index in [1.807, 2.05) is 0 Å². The van der Waals surface area contributed by atoms with Crippen LogP contribution in [0, 0.1) is 17.8 Å². The summed E-state index contributed by atoms with van der Waals surface area (Å²) in [7, 11) is 0.